The number of hydrogen-bond acceptors (Lipinski definition) is 5. The molecule has 2 rings (SSSR count). The number of aliphatic hydroxyl groups is 1. The Bertz CT molecular complexity index is 616. The topological polar surface area (TPSA) is 81.9 Å². The molecule has 2 aromatic heterocycles. The number of rotatable bonds is 4. The molecule has 0 aliphatic carbocycles. The van der Waals surface area contributed by atoms with Crippen LogP contribution in [0.4, 0.5) is 11.4 Å². The fourth-order valence-corrected chi connectivity index (χ4v) is 1.94. The van der Waals surface area contributed by atoms with Crippen molar-refractivity contribution >= 4 is 29.2 Å². The van der Waals surface area contributed by atoms with E-state index >= 15 is 0 Å². The molecule has 3 N–H and O–H groups in total. The molecular formula is C13H13ClN4O. The molecule has 0 amide bonds. The minimum Gasteiger partial charge on any atom is -0.390 e. The highest BCUT2D eigenvalue weighted by Crippen LogP contribution is 2.25. The molecule has 0 atom stereocenters. The average Bonchev–Trinajstić information content (AvgIpc) is 2.40. The van der Waals surface area contributed by atoms with Crippen molar-refractivity contribution in [3.8, 4) is 0 Å². The molecule has 0 radical (unpaired) electrons. The molecule has 2 aromatic rings. The predicted molar refractivity (Wildman–Crippen MR) is 75.3 cm³/mol. The molecule has 0 saturated carbocycles. The first kappa shape index (κ1) is 13.5. The zero-order valence-electron chi connectivity index (χ0n) is 10.3. The van der Waals surface area contributed by atoms with Crippen LogP contribution in [0.3, 0.4) is 0 Å². The molecule has 19 heavy (non-hydrogen) atoms. The lowest BCUT2D eigenvalue weighted by Gasteiger charge is -2.13. The Morgan fingerprint density at radius 3 is 2.89 bits per heavy atom. The number of nitrogens with one attached hydrogen (secondary N) is 2. The molecule has 0 spiro atoms. The maximum Gasteiger partial charge on any atom is 0.130 e. The van der Waals surface area contributed by atoms with Crippen LogP contribution in [0, 0.1) is 12.3 Å². The van der Waals surface area contributed by atoms with Gasteiger partial charge >= 0.3 is 0 Å². The number of aliphatic hydroxyl groups excluding tert-OH is 1. The molecule has 0 fully saturated rings. The van der Waals surface area contributed by atoms with Crippen LogP contribution in [0.1, 0.15) is 17.0 Å². The van der Waals surface area contributed by atoms with Crippen LogP contribution < -0.4 is 5.32 Å². The number of anilines is 2. The van der Waals surface area contributed by atoms with E-state index in [1.165, 1.54) is 6.21 Å². The van der Waals surface area contributed by atoms with E-state index in [2.05, 4.69) is 15.3 Å². The largest absolute Gasteiger partial charge is 0.390 e. The van der Waals surface area contributed by atoms with Gasteiger partial charge in [0.2, 0.25) is 0 Å². The van der Waals surface area contributed by atoms with E-state index in [0.717, 1.165) is 11.4 Å². The number of pyridine rings is 2. The van der Waals surface area contributed by atoms with E-state index in [-0.39, 0.29) is 11.8 Å². The smallest absolute Gasteiger partial charge is 0.130 e. The van der Waals surface area contributed by atoms with Gasteiger partial charge in [0.05, 0.1) is 18.0 Å². The van der Waals surface area contributed by atoms with E-state index in [4.69, 9.17) is 17.0 Å². The van der Waals surface area contributed by atoms with Gasteiger partial charge in [0.25, 0.3) is 0 Å². The first-order valence-electron chi connectivity index (χ1n) is 5.64. The van der Waals surface area contributed by atoms with Crippen LogP contribution in [0.5, 0.6) is 0 Å². The Morgan fingerprint density at radius 1 is 1.47 bits per heavy atom. The van der Waals surface area contributed by atoms with Crippen LogP contribution >= 0.6 is 11.6 Å². The summed E-state index contributed by atoms with van der Waals surface area (Å²) in [4.78, 5) is 8.16. The van der Waals surface area contributed by atoms with Crippen molar-refractivity contribution in [3.63, 3.8) is 0 Å². The summed E-state index contributed by atoms with van der Waals surface area (Å²) in [6, 6.07) is 5.24. The lowest BCUT2D eigenvalue weighted by atomic mass is 10.1. The highest BCUT2D eigenvalue weighted by Gasteiger charge is 2.10. The fourth-order valence-electron chi connectivity index (χ4n) is 1.72. The van der Waals surface area contributed by atoms with E-state index in [1.54, 1.807) is 18.3 Å². The average molecular weight is 277 g/mol. The first-order valence-corrected chi connectivity index (χ1v) is 6.02. The second-order valence-corrected chi connectivity index (χ2v) is 4.36. The standard InChI is InChI=1S/C13H13ClN4O/c1-8-4-10(2-3-16-8)17-13-9(6-15)5-12(14)18-11(13)7-19/h2-6,15,19H,7H2,1H3,(H,16,17). The molecule has 0 aliphatic rings. The third-order valence-corrected chi connectivity index (χ3v) is 2.76. The van der Waals surface area contributed by atoms with E-state index in [1.807, 2.05) is 13.0 Å². The molecule has 0 unspecified atom stereocenters. The van der Waals surface area contributed by atoms with Crippen LogP contribution in [0.2, 0.25) is 5.15 Å². The second kappa shape index (κ2) is 5.77. The number of nitrogens with zero attached hydrogens (tertiary/aromatic N) is 2. The Kier molecular flexibility index (Phi) is 4.09. The van der Waals surface area contributed by atoms with E-state index < -0.39 is 0 Å². The fraction of sp³-hybridized carbons (Fsp3) is 0.154. The van der Waals surface area contributed by atoms with Crippen LogP contribution in [0.25, 0.3) is 0 Å². The quantitative estimate of drug-likeness (QED) is 0.592. The van der Waals surface area contributed by atoms with Gasteiger partial charge in [-0.25, -0.2) is 4.98 Å². The van der Waals surface area contributed by atoms with Gasteiger partial charge < -0.3 is 15.8 Å². The molecule has 98 valence electrons. The van der Waals surface area contributed by atoms with Gasteiger partial charge in [-0.15, -0.1) is 0 Å². The summed E-state index contributed by atoms with van der Waals surface area (Å²) in [6.07, 6.45) is 2.85. The monoisotopic (exact) mass is 276 g/mol. The Hall–Kier alpha value is -1.98. The number of aryl methyl sites for hydroxylation is 1. The van der Waals surface area contributed by atoms with Gasteiger partial charge in [-0.1, -0.05) is 11.6 Å². The van der Waals surface area contributed by atoms with Crippen LogP contribution in [0.15, 0.2) is 24.4 Å². The third-order valence-electron chi connectivity index (χ3n) is 2.56. The molecule has 6 heteroatoms. The Balaban J connectivity index is 2.46. The van der Waals surface area contributed by atoms with Gasteiger partial charge in [-0.3, -0.25) is 4.98 Å². The summed E-state index contributed by atoms with van der Waals surface area (Å²) in [7, 11) is 0. The van der Waals surface area contributed by atoms with Crippen LogP contribution in [-0.4, -0.2) is 21.3 Å². The summed E-state index contributed by atoms with van der Waals surface area (Å²) >= 11 is 5.84. The van der Waals surface area contributed by atoms with E-state index in [9.17, 15) is 5.11 Å². The first-order chi connectivity index (χ1) is 9.13. The SMILES string of the molecule is Cc1cc(Nc2c(C=N)cc(Cl)nc2CO)ccn1. The molecule has 0 saturated heterocycles. The lowest BCUT2D eigenvalue weighted by molar-refractivity contribution is 0.277. The summed E-state index contributed by atoms with van der Waals surface area (Å²) < 4.78 is 0. The zero-order chi connectivity index (χ0) is 13.8. The molecule has 5 nitrogen and oxygen atoms in total. The van der Waals surface area contributed by atoms with Gasteiger partial charge in [-0.2, -0.15) is 0 Å². The summed E-state index contributed by atoms with van der Waals surface area (Å²) in [5.74, 6) is 0. The number of halogens is 1. The molecule has 2 heterocycles. The van der Waals surface area contributed by atoms with Crippen molar-refractivity contribution in [3.05, 3.63) is 46.5 Å². The minimum atomic E-state index is -0.256. The Labute approximate surface area is 115 Å². The van der Waals surface area contributed by atoms with Crippen molar-refractivity contribution in [2.45, 2.75) is 13.5 Å². The summed E-state index contributed by atoms with van der Waals surface area (Å²) in [5, 5.41) is 20.2. The summed E-state index contributed by atoms with van der Waals surface area (Å²) in [6.45, 7) is 1.63. The number of hydrogen-bond donors (Lipinski definition) is 3. The van der Waals surface area contributed by atoms with Gasteiger partial charge in [0.1, 0.15) is 5.15 Å². The number of aromatic nitrogens is 2. The maximum atomic E-state index is 9.35. The zero-order valence-corrected chi connectivity index (χ0v) is 11.1. The van der Waals surface area contributed by atoms with Gasteiger partial charge in [0, 0.05) is 29.4 Å². The van der Waals surface area contributed by atoms with Crippen molar-refractivity contribution < 1.29 is 5.11 Å². The second-order valence-electron chi connectivity index (χ2n) is 3.97. The van der Waals surface area contributed by atoms with Crippen molar-refractivity contribution in [1.82, 2.24) is 9.97 Å². The Morgan fingerprint density at radius 2 is 2.26 bits per heavy atom. The third kappa shape index (κ3) is 3.07. The molecule has 0 bridgehead atoms. The van der Waals surface area contributed by atoms with Crippen LogP contribution in [-0.2, 0) is 6.61 Å². The van der Waals surface area contributed by atoms with Gasteiger partial charge in [-0.05, 0) is 25.1 Å². The van der Waals surface area contributed by atoms with Crippen molar-refractivity contribution in [2.75, 3.05) is 5.32 Å². The van der Waals surface area contributed by atoms with Crippen molar-refractivity contribution in [2.24, 2.45) is 0 Å². The lowest BCUT2D eigenvalue weighted by Crippen LogP contribution is -2.04. The highest BCUT2D eigenvalue weighted by molar-refractivity contribution is 6.29. The normalized spacial score (nSPS) is 10.3. The summed E-state index contributed by atoms with van der Waals surface area (Å²) in [5.41, 5.74) is 3.23. The predicted octanol–water partition coefficient (Wildman–Crippen LogP) is 2.67. The van der Waals surface area contributed by atoms with Gasteiger partial charge in [0.15, 0.2) is 0 Å². The van der Waals surface area contributed by atoms with E-state index in [0.29, 0.717) is 16.9 Å². The maximum absolute atomic E-state index is 9.35. The molecule has 0 aliphatic heterocycles. The highest BCUT2D eigenvalue weighted by atomic mass is 35.5. The molecule has 0 aromatic carbocycles. The van der Waals surface area contributed by atoms with Crippen molar-refractivity contribution in [1.29, 1.82) is 5.41 Å². The minimum absolute atomic E-state index is 0.249. The molecular weight excluding hydrogens is 264 g/mol.